The van der Waals surface area contributed by atoms with Crippen LogP contribution in [0.2, 0.25) is 4.34 Å². The van der Waals surface area contributed by atoms with Crippen molar-refractivity contribution < 1.29 is 0 Å². The second kappa shape index (κ2) is 8.41. The van der Waals surface area contributed by atoms with Gasteiger partial charge in [-0.15, -0.1) is 22.7 Å². The molecule has 0 bridgehead atoms. The molecule has 0 aliphatic heterocycles. The van der Waals surface area contributed by atoms with Crippen LogP contribution in [0.1, 0.15) is 22.6 Å². The Labute approximate surface area is 139 Å². The highest BCUT2D eigenvalue weighted by Crippen LogP contribution is 2.21. The minimum absolute atomic E-state index is 0.486. The van der Waals surface area contributed by atoms with Crippen LogP contribution in [0.4, 0.5) is 0 Å². The third-order valence-corrected chi connectivity index (χ3v) is 5.52. The first kappa shape index (κ1) is 16.3. The summed E-state index contributed by atoms with van der Waals surface area (Å²) >= 11 is 9.35. The van der Waals surface area contributed by atoms with Gasteiger partial charge in [-0.3, -0.25) is 4.99 Å². The van der Waals surface area contributed by atoms with E-state index in [4.69, 9.17) is 11.6 Å². The summed E-state index contributed by atoms with van der Waals surface area (Å²) in [6.07, 6.45) is 0.957. The number of rotatable bonds is 6. The minimum Gasteiger partial charge on any atom is -0.356 e. The maximum absolute atomic E-state index is 5.93. The van der Waals surface area contributed by atoms with E-state index in [0.29, 0.717) is 5.92 Å². The highest BCUT2D eigenvalue weighted by atomic mass is 35.5. The van der Waals surface area contributed by atoms with Gasteiger partial charge in [0.15, 0.2) is 5.96 Å². The Morgan fingerprint density at radius 2 is 2.19 bits per heavy atom. The Morgan fingerprint density at radius 1 is 1.33 bits per heavy atom. The van der Waals surface area contributed by atoms with Crippen molar-refractivity contribution in [3.63, 3.8) is 0 Å². The normalized spacial score (nSPS) is 13.2. The van der Waals surface area contributed by atoms with Crippen molar-refractivity contribution in [2.45, 2.75) is 19.3 Å². The minimum atomic E-state index is 0.486. The van der Waals surface area contributed by atoms with E-state index in [9.17, 15) is 0 Å². The van der Waals surface area contributed by atoms with E-state index in [-0.39, 0.29) is 0 Å². The van der Waals surface area contributed by atoms with Gasteiger partial charge in [0.25, 0.3) is 0 Å². The molecule has 1 atom stereocenters. The quantitative estimate of drug-likeness (QED) is 0.616. The zero-order chi connectivity index (χ0) is 15.1. The molecule has 1 unspecified atom stereocenters. The number of halogens is 1. The molecule has 6 heteroatoms. The highest BCUT2D eigenvalue weighted by Gasteiger charge is 2.07. The number of nitrogens with one attached hydrogen (secondary N) is 2. The largest absolute Gasteiger partial charge is 0.356 e. The summed E-state index contributed by atoms with van der Waals surface area (Å²) in [5.41, 5.74) is 0. The van der Waals surface area contributed by atoms with Crippen LogP contribution < -0.4 is 10.6 Å². The Balaban J connectivity index is 1.71. The van der Waals surface area contributed by atoms with Gasteiger partial charge in [-0.25, -0.2) is 0 Å². The highest BCUT2D eigenvalue weighted by molar-refractivity contribution is 7.16. The number of nitrogens with zero attached hydrogens (tertiary/aromatic N) is 1. The lowest BCUT2D eigenvalue weighted by Gasteiger charge is -2.15. The van der Waals surface area contributed by atoms with E-state index in [1.165, 1.54) is 9.75 Å². The Kier molecular flexibility index (Phi) is 6.54. The molecule has 2 heterocycles. The van der Waals surface area contributed by atoms with Gasteiger partial charge < -0.3 is 10.6 Å². The first-order valence-corrected chi connectivity index (χ1v) is 8.98. The molecular weight excluding hydrogens is 322 g/mol. The summed E-state index contributed by atoms with van der Waals surface area (Å²) in [6.45, 7) is 3.95. The molecule has 114 valence electrons. The molecular formula is C15H20ClN3S2. The summed E-state index contributed by atoms with van der Waals surface area (Å²) in [4.78, 5) is 6.93. The molecule has 2 N–H and O–H groups in total. The van der Waals surface area contributed by atoms with Crippen molar-refractivity contribution in [2.24, 2.45) is 4.99 Å². The first-order chi connectivity index (χ1) is 10.2. The van der Waals surface area contributed by atoms with Gasteiger partial charge >= 0.3 is 0 Å². The number of hydrogen-bond donors (Lipinski definition) is 2. The van der Waals surface area contributed by atoms with Gasteiger partial charge in [0, 0.05) is 35.8 Å². The van der Waals surface area contributed by atoms with Crippen LogP contribution in [0, 0.1) is 0 Å². The molecule has 0 aromatic carbocycles. The molecule has 0 saturated carbocycles. The summed E-state index contributed by atoms with van der Waals surface area (Å²) in [7, 11) is 1.80. The maximum Gasteiger partial charge on any atom is 0.191 e. The molecule has 21 heavy (non-hydrogen) atoms. The first-order valence-electron chi connectivity index (χ1n) is 6.91. The molecule has 0 radical (unpaired) electrons. The van der Waals surface area contributed by atoms with E-state index in [1.54, 1.807) is 29.7 Å². The third kappa shape index (κ3) is 5.34. The third-order valence-electron chi connectivity index (χ3n) is 3.12. The lowest BCUT2D eigenvalue weighted by Crippen LogP contribution is -2.39. The monoisotopic (exact) mass is 341 g/mol. The molecule has 2 aromatic rings. The van der Waals surface area contributed by atoms with E-state index in [2.05, 4.69) is 46.1 Å². The van der Waals surface area contributed by atoms with Gasteiger partial charge in [0.1, 0.15) is 0 Å². The van der Waals surface area contributed by atoms with Crippen molar-refractivity contribution in [3.8, 4) is 0 Å². The van der Waals surface area contributed by atoms with E-state index in [1.807, 2.05) is 6.07 Å². The van der Waals surface area contributed by atoms with Crippen LogP contribution in [0.5, 0.6) is 0 Å². The molecule has 0 saturated heterocycles. The molecule has 3 nitrogen and oxygen atoms in total. The van der Waals surface area contributed by atoms with Gasteiger partial charge in [0.05, 0.1) is 4.34 Å². The smallest absolute Gasteiger partial charge is 0.191 e. The fraction of sp³-hybridized carbons (Fsp3) is 0.400. The molecule has 0 amide bonds. The maximum atomic E-state index is 5.93. The summed E-state index contributed by atoms with van der Waals surface area (Å²) in [5.74, 6) is 1.33. The lowest BCUT2D eigenvalue weighted by atomic mass is 10.1. The molecule has 2 aromatic heterocycles. The van der Waals surface area contributed by atoms with Crippen LogP contribution in [0.3, 0.4) is 0 Å². The van der Waals surface area contributed by atoms with Crippen molar-refractivity contribution >= 4 is 40.2 Å². The second-order valence-electron chi connectivity index (χ2n) is 4.75. The van der Waals surface area contributed by atoms with Crippen LogP contribution in [0.15, 0.2) is 34.6 Å². The fourth-order valence-electron chi connectivity index (χ4n) is 1.93. The van der Waals surface area contributed by atoms with Gasteiger partial charge in [-0.1, -0.05) is 24.6 Å². The summed E-state index contributed by atoms with van der Waals surface area (Å²) < 4.78 is 0.845. The van der Waals surface area contributed by atoms with Crippen LogP contribution >= 0.6 is 34.3 Å². The fourth-order valence-corrected chi connectivity index (χ4v) is 3.81. The Bertz CT molecular complexity index is 563. The average Bonchev–Trinajstić information content (AvgIpc) is 3.14. The number of guanidine groups is 1. The number of hydrogen-bond acceptors (Lipinski definition) is 3. The van der Waals surface area contributed by atoms with Crippen molar-refractivity contribution in [3.05, 3.63) is 43.7 Å². The van der Waals surface area contributed by atoms with E-state index in [0.717, 1.165) is 29.8 Å². The van der Waals surface area contributed by atoms with E-state index < -0.39 is 0 Å². The van der Waals surface area contributed by atoms with E-state index >= 15 is 0 Å². The molecule has 0 aliphatic carbocycles. The summed E-state index contributed by atoms with van der Waals surface area (Å²) in [5, 5.41) is 8.82. The molecule has 0 aliphatic rings. The van der Waals surface area contributed by atoms with Crippen molar-refractivity contribution in [1.82, 2.24) is 10.6 Å². The van der Waals surface area contributed by atoms with Crippen LogP contribution in [0.25, 0.3) is 0 Å². The van der Waals surface area contributed by atoms with Crippen molar-refractivity contribution in [1.29, 1.82) is 0 Å². The molecule has 0 spiro atoms. The zero-order valence-corrected chi connectivity index (χ0v) is 14.6. The predicted molar refractivity (Wildman–Crippen MR) is 95.1 cm³/mol. The second-order valence-corrected chi connectivity index (χ2v) is 7.53. The van der Waals surface area contributed by atoms with Crippen LogP contribution in [-0.4, -0.2) is 26.1 Å². The summed E-state index contributed by atoms with van der Waals surface area (Å²) in [6, 6.07) is 8.28. The lowest BCUT2D eigenvalue weighted by molar-refractivity contribution is 0.707. The SMILES string of the molecule is CN=C(NCCc1ccc(Cl)s1)NCC(C)c1cccs1. The van der Waals surface area contributed by atoms with Crippen molar-refractivity contribution in [2.75, 3.05) is 20.1 Å². The molecule has 2 rings (SSSR count). The number of aliphatic imine (C=N–C) groups is 1. The number of thiophene rings is 2. The molecule has 0 fully saturated rings. The van der Waals surface area contributed by atoms with Gasteiger partial charge in [0.2, 0.25) is 0 Å². The zero-order valence-electron chi connectivity index (χ0n) is 12.2. The van der Waals surface area contributed by atoms with Gasteiger partial charge in [-0.2, -0.15) is 0 Å². The predicted octanol–water partition coefficient (Wildman–Crippen LogP) is 3.97. The Morgan fingerprint density at radius 3 is 2.81 bits per heavy atom. The topological polar surface area (TPSA) is 36.4 Å². The van der Waals surface area contributed by atoms with Crippen LogP contribution in [-0.2, 0) is 6.42 Å². The Hall–Kier alpha value is -1.04. The van der Waals surface area contributed by atoms with Gasteiger partial charge in [-0.05, 0) is 30.0 Å². The standard InChI is InChI=1S/C15H20ClN3S2/c1-11(13-4-3-9-20-13)10-19-15(17-2)18-8-7-12-5-6-14(16)21-12/h3-6,9,11H,7-8,10H2,1-2H3,(H2,17,18,19). The average molecular weight is 342 g/mol.